The van der Waals surface area contributed by atoms with Gasteiger partial charge in [0.25, 0.3) is 0 Å². The van der Waals surface area contributed by atoms with E-state index in [0.29, 0.717) is 35.8 Å². The highest BCUT2D eigenvalue weighted by Gasteiger charge is 2.33. The predicted molar refractivity (Wildman–Crippen MR) is 120 cm³/mol. The lowest BCUT2D eigenvalue weighted by Crippen LogP contribution is -2.43. The molecule has 0 unspecified atom stereocenters. The number of hydrogen-bond donors (Lipinski definition) is 0. The zero-order chi connectivity index (χ0) is 23.3. The number of fused-ring (bicyclic) bond motifs is 1. The molecule has 7 nitrogen and oxygen atoms in total. The molecule has 0 radical (unpaired) electrons. The maximum Gasteiger partial charge on any atom is 0.337 e. The third-order valence-corrected chi connectivity index (χ3v) is 5.59. The molecule has 1 aliphatic rings. The Morgan fingerprint density at radius 2 is 1.69 bits per heavy atom. The third-order valence-electron chi connectivity index (χ3n) is 5.59. The zero-order valence-corrected chi connectivity index (χ0v) is 19.3. The Hall–Kier alpha value is -3.22. The summed E-state index contributed by atoms with van der Waals surface area (Å²) in [5, 5.41) is 0. The molecule has 0 aromatic heterocycles. The number of nitrogens with zero attached hydrogens (tertiary/aromatic N) is 1. The van der Waals surface area contributed by atoms with Gasteiger partial charge < -0.3 is 23.8 Å². The minimum Gasteiger partial charge on any atom is -0.493 e. The lowest BCUT2D eigenvalue weighted by Gasteiger charge is -2.38. The molecule has 2 aromatic carbocycles. The van der Waals surface area contributed by atoms with Crippen LogP contribution in [0.2, 0.25) is 0 Å². The molecule has 1 heterocycles. The van der Waals surface area contributed by atoms with Crippen molar-refractivity contribution in [2.45, 2.75) is 32.7 Å². The van der Waals surface area contributed by atoms with Crippen molar-refractivity contribution in [3.05, 3.63) is 53.1 Å². The number of methoxy groups -OCH3 is 3. The monoisotopic (exact) mass is 441 g/mol. The molecule has 1 atom stereocenters. The number of ether oxygens (including phenoxy) is 4. The molecule has 1 aliphatic heterocycles. The molecular formula is C25H31NO6. The first-order chi connectivity index (χ1) is 15.4. The first-order valence-corrected chi connectivity index (χ1v) is 10.7. The molecule has 2 aromatic rings. The van der Waals surface area contributed by atoms with E-state index >= 15 is 0 Å². The summed E-state index contributed by atoms with van der Waals surface area (Å²) in [5.41, 5.74) is 2.57. The SMILES string of the molecule is COC(=O)c1ccc(OC[C@H]2c3cc(OC)c(OC)cc3CCN2C(=O)CC(C)C)cc1. The molecule has 0 spiro atoms. The molecule has 0 saturated heterocycles. The van der Waals surface area contributed by atoms with Crippen molar-refractivity contribution in [2.75, 3.05) is 34.5 Å². The summed E-state index contributed by atoms with van der Waals surface area (Å²) in [7, 11) is 4.56. The van der Waals surface area contributed by atoms with Crippen LogP contribution in [0.5, 0.6) is 17.2 Å². The van der Waals surface area contributed by atoms with E-state index in [2.05, 4.69) is 0 Å². The maximum atomic E-state index is 13.0. The number of benzene rings is 2. The summed E-state index contributed by atoms with van der Waals surface area (Å²) >= 11 is 0. The van der Waals surface area contributed by atoms with E-state index in [-0.39, 0.29) is 24.5 Å². The Balaban J connectivity index is 1.89. The van der Waals surface area contributed by atoms with Crippen molar-refractivity contribution in [1.29, 1.82) is 0 Å². The van der Waals surface area contributed by atoms with Gasteiger partial charge in [-0.05, 0) is 59.9 Å². The van der Waals surface area contributed by atoms with Gasteiger partial charge in [-0.1, -0.05) is 13.8 Å². The molecule has 0 saturated carbocycles. The predicted octanol–water partition coefficient (Wildman–Crippen LogP) is 4.04. The highest BCUT2D eigenvalue weighted by Crippen LogP contribution is 2.38. The Labute approximate surface area is 189 Å². The number of hydrogen-bond acceptors (Lipinski definition) is 6. The number of carbonyl (C=O) groups excluding carboxylic acids is 2. The fourth-order valence-electron chi connectivity index (χ4n) is 3.95. The Morgan fingerprint density at radius 1 is 1.03 bits per heavy atom. The largest absolute Gasteiger partial charge is 0.493 e. The third kappa shape index (κ3) is 5.15. The minimum absolute atomic E-state index is 0.107. The number of rotatable bonds is 8. The van der Waals surface area contributed by atoms with Crippen LogP contribution < -0.4 is 14.2 Å². The molecule has 0 aliphatic carbocycles. The average Bonchev–Trinajstić information content (AvgIpc) is 2.80. The normalized spacial score (nSPS) is 15.2. The van der Waals surface area contributed by atoms with Crippen LogP contribution in [-0.4, -0.2) is 51.3 Å². The fourth-order valence-corrected chi connectivity index (χ4v) is 3.95. The highest BCUT2D eigenvalue weighted by atomic mass is 16.5. The van der Waals surface area contributed by atoms with Gasteiger partial charge in [0.2, 0.25) is 5.91 Å². The van der Waals surface area contributed by atoms with E-state index in [9.17, 15) is 9.59 Å². The molecule has 172 valence electrons. The van der Waals surface area contributed by atoms with Crippen LogP contribution in [0.15, 0.2) is 36.4 Å². The van der Waals surface area contributed by atoms with E-state index in [0.717, 1.165) is 17.5 Å². The molecule has 0 N–H and O–H groups in total. The van der Waals surface area contributed by atoms with E-state index in [4.69, 9.17) is 18.9 Å². The summed E-state index contributed by atoms with van der Waals surface area (Å²) in [6.45, 7) is 4.98. The lowest BCUT2D eigenvalue weighted by atomic mass is 9.91. The molecular weight excluding hydrogens is 410 g/mol. The van der Waals surface area contributed by atoms with Gasteiger partial charge in [0.05, 0.1) is 32.9 Å². The van der Waals surface area contributed by atoms with Crippen LogP contribution in [0.4, 0.5) is 0 Å². The first kappa shape index (κ1) is 23.4. The van der Waals surface area contributed by atoms with Crippen molar-refractivity contribution >= 4 is 11.9 Å². The van der Waals surface area contributed by atoms with Gasteiger partial charge in [-0.3, -0.25) is 4.79 Å². The van der Waals surface area contributed by atoms with Gasteiger partial charge in [0.15, 0.2) is 11.5 Å². The van der Waals surface area contributed by atoms with Gasteiger partial charge in [-0.25, -0.2) is 4.79 Å². The van der Waals surface area contributed by atoms with Crippen molar-refractivity contribution in [3.8, 4) is 17.2 Å². The second kappa shape index (κ2) is 10.4. The molecule has 1 amide bonds. The van der Waals surface area contributed by atoms with E-state index < -0.39 is 5.97 Å². The smallest absolute Gasteiger partial charge is 0.337 e. The highest BCUT2D eigenvalue weighted by molar-refractivity contribution is 5.89. The Morgan fingerprint density at radius 3 is 2.28 bits per heavy atom. The number of amides is 1. The quantitative estimate of drug-likeness (QED) is 0.576. The maximum absolute atomic E-state index is 13.0. The van der Waals surface area contributed by atoms with Crippen LogP contribution >= 0.6 is 0 Å². The van der Waals surface area contributed by atoms with Gasteiger partial charge in [-0.15, -0.1) is 0 Å². The summed E-state index contributed by atoms with van der Waals surface area (Å²) in [5.74, 6) is 1.88. The number of esters is 1. The van der Waals surface area contributed by atoms with Crippen LogP contribution in [0, 0.1) is 5.92 Å². The summed E-state index contributed by atoms with van der Waals surface area (Å²) in [6.07, 6.45) is 1.22. The topological polar surface area (TPSA) is 74.3 Å². The zero-order valence-electron chi connectivity index (χ0n) is 19.3. The van der Waals surface area contributed by atoms with Gasteiger partial charge >= 0.3 is 5.97 Å². The average molecular weight is 442 g/mol. The molecule has 7 heteroatoms. The van der Waals surface area contributed by atoms with Gasteiger partial charge in [-0.2, -0.15) is 0 Å². The molecule has 3 rings (SSSR count). The molecule has 0 fully saturated rings. The first-order valence-electron chi connectivity index (χ1n) is 10.7. The van der Waals surface area contributed by atoms with Crippen molar-refractivity contribution in [3.63, 3.8) is 0 Å². The second-order valence-corrected chi connectivity index (χ2v) is 8.18. The van der Waals surface area contributed by atoms with Crippen LogP contribution in [0.3, 0.4) is 0 Å². The summed E-state index contributed by atoms with van der Waals surface area (Å²) in [4.78, 5) is 26.6. The summed E-state index contributed by atoms with van der Waals surface area (Å²) < 4.78 is 21.8. The Bertz CT molecular complexity index is 954. The van der Waals surface area contributed by atoms with Crippen molar-refractivity contribution in [2.24, 2.45) is 5.92 Å². The Kier molecular flexibility index (Phi) is 7.62. The van der Waals surface area contributed by atoms with E-state index in [1.54, 1.807) is 38.5 Å². The lowest BCUT2D eigenvalue weighted by molar-refractivity contribution is -0.135. The van der Waals surface area contributed by atoms with Crippen LogP contribution in [-0.2, 0) is 16.0 Å². The standard InChI is InChI=1S/C25H31NO6/c1-16(2)12-24(27)26-11-10-18-13-22(29-3)23(30-4)14-20(18)21(26)15-32-19-8-6-17(7-9-19)25(28)31-5/h6-9,13-14,16,21H,10-12,15H2,1-5H3/t21-/m0/s1. The number of carbonyl (C=O) groups is 2. The molecule has 0 bridgehead atoms. The van der Waals surface area contributed by atoms with E-state index in [1.807, 2.05) is 30.9 Å². The van der Waals surface area contributed by atoms with Crippen molar-refractivity contribution in [1.82, 2.24) is 4.90 Å². The van der Waals surface area contributed by atoms with E-state index in [1.165, 1.54) is 7.11 Å². The summed E-state index contributed by atoms with van der Waals surface area (Å²) in [6, 6.07) is 10.4. The fraction of sp³-hybridized carbons (Fsp3) is 0.440. The van der Waals surface area contributed by atoms with Crippen molar-refractivity contribution < 1.29 is 28.5 Å². The minimum atomic E-state index is -0.399. The van der Waals surface area contributed by atoms with Crippen LogP contribution in [0.1, 0.15) is 47.8 Å². The molecule has 32 heavy (non-hydrogen) atoms. The van der Waals surface area contributed by atoms with Crippen LogP contribution in [0.25, 0.3) is 0 Å². The van der Waals surface area contributed by atoms with Gasteiger partial charge in [0.1, 0.15) is 12.4 Å². The van der Waals surface area contributed by atoms with Gasteiger partial charge in [0, 0.05) is 13.0 Å². The second-order valence-electron chi connectivity index (χ2n) is 8.18.